The minimum Gasteiger partial charge on any atom is -0.334 e. The molecule has 30 heavy (non-hydrogen) atoms. The summed E-state index contributed by atoms with van der Waals surface area (Å²) in [7, 11) is 0. The van der Waals surface area contributed by atoms with Crippen LogP contribution in [0.25, 0.3) is 39.3 Å². The van der Waals surface area contributed by atoms with Crippen LogP contribution >= 0.6 is 11.6 Å². The molecule has 0 spiro atoms. The molecule has 0 aliphatic carbocycles. The van der Waals surface area contributed by atoms with E-state index in [9.17, 15) is 4.79 Å². The molecular weight excluding hydrogens is 398 g/mol. The van der Waals surface area contributed by atoms with Crippen molar-refractivity contribution in [1.29, 1.82) is 0 Å². The average Bonchev–Trinajstić information content (AvgIpc) is 3.24. The molecule has 0 amide bonds. The van der Waals surface area contributed by atoms with Crippen molar-refractivity contribution in [2.45, 2.75) is 6.92 Å². The van der Waals surface area contributed by atoms with E-state index in [2.05, 4.69) is 10.1 Å². The molecule has 0 bridgehead atoms. The molecule has 2 heterocycles. The Morgan fingerprint density at radius 2 is 1.73 bits per heavy atom. The van der Waals surface area contributed by atoms with Crippen molar-refractivity contribution in [3.05, 3.63) is 99.9 Å². The number of hydrogen-bond donors (Lipinski definition) is 0. The summed E-state index contributed by atoms with van der Waals surface area (Å²) in [6, 6.07) is 22.4. The Morgan fingerprint density at radius 1 is 0.933 bits per heavy atom. The monoisotopic (exact) mass is 413 g/mol. The molecule has 0 aliphatic rings. The molecule has 5 aromatic rings. The van der Waals surface area contributed by atoms with Crippen LogP contribution in [0.3, 0.4) is 0 Å². The highest BCUT2D eigenvalue weighted by atomic mass is 35.5. The lowest BCUT2D eigenvalue weighted by molar-refractivity contribution is 0.432. The number of rotatable bonds is 3. The zero-order valence-corrected chi connectivity index (χ0v) is 16.8. The summed E-state index contributed by atoms with van der Waals surface area (Å²) in [5.74, 6) is 0.844. The maximum Gasteiger partial charge on any atom is 0.262 e. The van der Waals surface area contributed by atoms with E-state index in [1.165, 1.54) is 0 Å². The van der Waals surface area contributed by atoms with Gasteiger partial charge in [0.15, 0.2) is 0 Å². The second-order valence-corrected chi connectivity index (χ2v) is 7.47. The van der Waals surface area contributed by atoms with Gasteiger partial charge in [0.2, 0.25) is 5.82 Å². The second-order valence-electron chi connectivity index (χ2n) is 7.04. The van der Waals surface area contributed by atoms with Crippen LogP contribution in [-0.2, 0) is 0 Å². The number of pyridine rings is 1. The van der Waals surface area contributed by atoms with E-state index in [1.807, 2.05) is 61.5 Å². The van der Waals surface area contributed by atoms with Crippen molar-refractivity contribution < 1.29 is 4.52 Å². The molecule has 0 unspecified atom stereocenters. The molecule has 0 N–H and O–H groups in total. The SMILES string of the molecule is Cc1cccc(-c2noc(-c3cn(-c4cccc(Cl)c4)c(=O)c4ccccc34)n2)c1. The fourth-order valence-corrected chi connectivity index (χ4v) is 3.70. The van der Waals surface area contributed by atoms with Crippen molar-refractivity contribution in [3.8, 4) is 28.5 Å². The number of fused-ring (bicyclic) bond motifs is 1. The Hall–Kier alpha value is -3.70. The zero-order valence-electron chi connectivity index (χ0n) is 16.0. The van der Waals surface area contributed by atoms with Crippen molar-refractivity contribution in [2.24, 2.45) is 0 Å². The molecule has 5 nitrogen and oxygen atoms in total. The Balaban J connectivity index is 1.74. The molecule has 2 aromatic heterocycles. The number of aromatic nitrogens is 3. The van der Waals surface area contributed by atoms with Gasteiger partial charge in [-0.15, -0.1) is 0 Å². The van der Waals surface area contributed by atoms with Gasteiger partial charge in [-0.1, -0.05) is 64.8 Å². The van der Waals surface area contributed by atoms with Crippen LogP contribution in [0, 0.1) is 6.92 Å². The van der Waals surface area contributed by atoms with Crippen molar-refractivity contribution >= 4 is 22.4 Å². The number of aryl methyl sites for hydroxylation is 1. The van der Waals surface area contributed by atoms with Gasteiger partial charge in [-0.25, -0.2) is 0 Å². The van der Waals surface area contributed by atoms with E-state index in [4.69, 9.17) is 16.1 Å². The van der Waals surface area contributed by atoms with Gasteiger partial charge in [0, 0.05) is 27.6 Å². The van der Waals surface area contributed by atoms with Gasteiger partial charge in [0.25, 0.3) is 11.4 Å². The van der Waals surface area contributed by atoms with Gasteiger partial charge in [0.1, 0.15) is 0 Å². The van der Waals surface area contributed by atoms with Gasteiger partial charge in [0.05, 0.1) is 11.3 Å². The minimum absolute atomic E-state index is 0.143. The lowest BCUT2D eigenvalue weighted by Gasteiger charge is -2.10. The second kappa shape index (κ2) is 7.28. The summed E-state index contributed by atoms with van der Waals surface area (Å²) in [6.45, 7) is 2.01. The van der Waals surface area contributed by atoms with Crippen LogP contribution in [0.1, 0.15) is 5.56 Å². The summed E-state index contributed by atoms with van der Waals surface area (Å²) >= 11 is 6.15. The van der Waals surface area contributed by atoms with Crippen LogP contribution in [-0.4, -0.2) is 14.7 Å². The Labute approximate surface area is 177 Å². The van der Waals surface area contributed by atoms with E-state index < -0.39 is 0 Å². The predicted octanol–water partition coefficient (Wildman–Crippen LogP) is 5.67. The average molecular weight is 414 g/mol. The molecule has 3 aromatic carbocycles. The maximum atomic E-state index is 13.1. The molecule has 5 rings (SSSR count). The first-order valence-corrected chi connectivity index (χ1v) is 9.79. The van der Waals surface area contributed by atoms with E-state index in [0.29, 0.717) is 33.4 Å². The van der Waals surface area contributed by atoms with E-state index >= 15 is 0 Å². The zero-order chi connectivity index (χ0) is 20.7. The van der Waals surface area contributed by atoms with Crippen LogP contribution in [0.2, 0.25) is 5.02 Å². The van der Waals surface area contributed by atoms with E-state index in [1.54, 1.807) is 29.0 Å². The molecule has 0 aliphatic heterocycles. The minimum atomic E-state index is -0.143. The van der Waals surface area contributed by atoms with E-state index in [0.717, 1.165) is 16.5 Å². The van der Waals surface area contributed by atoms with Crippen molar-refractivity contribution in [2.75, 3.05) is 0 Å². The number of hydrogen-bond acceptors (Lipinski definition) is 4. The summed E-state index contributed by atoms with van der Waals surface area (Å²) in [6.07, 6.45) is 1.73. The number of benzene rings is 3. The highest BCUT2D eigenvalue weighted by Crippen LogP contribution is 2.29. The molecule has 146 valence electrons. The first-order chi connectivity index (χ1) is 14.6. The fourth-order valence-electron chi connectivity index (χ4n) is 3.51. The van der Waals surface area contributed by atoms with Crippen LogP contribution in [0.4, 0.5) is 0 Å². The van der Waals surface area contributed by atoms with Gasteiger partial charge < -0.3 is 4.52 Å². The number of nitrogens with zero attached hydrogens (tertiary/aromatic N) is 3. The third kappa shape index (κ3) is 3.19. The lowest BCUT2D eigenvalue weighted by atomic mass is 10.1. The molecule has 6 heteroatoms. The van der Waals surface area contributed by atoms with Gasteiger partial charge in [-0.3, -0.25) is 9.36 Å². The van der Waals surface area contributed by atoms with Crippen molar-refractivity contribution in [3.63, 3.8) is 0 Å². The molecule has 0 saturated carbocycles. The van der Waals surface area contributed by atoms with Crippen molar-refractivity contribution in [1.82, 2.24) is 14.7 Å². The highest BCUT2D eigenvalue weighted by molar-refractivity contribution is 6.30. The normalized spacial score (nSPS) is 11.1. The maximum absolute atomic E-state index is 13.1. The summed E-state index contributed by atoms with van der Waals surface area (Å²) in [4.78, 5) is 17.7. The Bertz CT molecular complexity index is 1450. The first kappa shape index (κ1) is 18.3. The molecule has 0 atom stereocenters. The molecule has 0 saturated heterocycles. The summed E-state index contributed by atoms with van der Waals surface area (Å²) in [5.41, 5.74) is 3.18. The highest BCUT2D eigenvalue weighted by Gasteiger charge is 2.17. The third-order valence-electron chi connectivity index (χ3n) is 4.94. The standard InChI is InChI=1S/C24H16ClN3O2/c1-15-6-4-7-16(12-15)22-26-23(30-27-22)21-14-28(18-9-5-8-17(25)13-18)24(29)20-11-3-2-10-19(20)21/h2-14H,1H3. The Morgan fingerprint density at radius 3 is 2.53 bits per heavy atom. The van der Waals surface area contributed by atoms with Gasteiger partial charge >= 0.3 is 0 Å². The van der Waals surface area contributed by atoms with E-state index in [-0.39, 0.29) is 5.56 Å². The lowest BCUT2D eigenvalue weighted by Crippen LogP contribution is -2.18. The topological polar surface area (TPSA) is 60.9 Å². The van der Waals surface area contributed by atoms with Gasteiger partial charge in [-0.2, -0.15) is 4.98 Å². The summed E-state index contributed by atoms with van der Waals surface area (Å²) < 4.78 is 7.16. The quantitative estimate of drug-likeness (QED) is 0.382. The molecule has 0 fully saturated rings. The van der Waals surface area contributed by atoms with Crippen LogP contribution < -0.4 is 5.56 Å². The third-order valence-corrected chi connectivity index (χ3v) is 5.18. The van der Waals surface area contributed by atoms with Gasteiger partial charge in [-0.05, 0) is 37.3 Å². The predicted molar refractivity (Wildman–Crippen MR) is 118 cm³/mol. The largest absolute Gasteiger partial charge is 0.334 e. The molecular formula is C24H16ClN3O2. The fraction of sp³-hybridized carbons (Fsp3) is 0.0417. The summed E-state index contributed by atoms with van der Waals surface area (Å²) in [5, 5.41) is 6.02. The van der Waals surface area contributed by atoms with Crippen LogP contribution in [0.15, 0.2) is 88.3 Å². The smallest absolute Gasteiger partial charge is 0.262 e. The number of halogens is 1. The first-order valence-electron chi connectivity index (χ1n) is 9.41. The molecule has 0 radical (unpaired) electrons. The van der Waals surface area contributed by atoms with Crippen LogP contribution in [0.5, 0.6) is 0 Å². The Kier molecular flexibility index (Phi) is 4.45.